The van der Waals surface area contributed by atoms with E-state index in [1.807, 2.05) is 7.05 Å². The average molecular weight is 163 g/mol. The molecule has 64 valence electrons. The van der Waals surface area contributed by atoms with Crippen molar-refractivity contribution >= 4 is 5.69 Å². The largest absolute Gasteiger partial charge is 0.361 e. The lowest BCUT2D eigenvalue weighted by atomic mass is 10.5. The first kappa shape index (κ1) is 7.28. The summed E-state index contributed by atoms with van der Waals surface area (Å²) in [6.07, 6.45) is 8.34. The molecule has 0 amide bonds. The third-order valence-corrected chi connectivity index (χ3v) is 2.02. The summed E-state index contributed by atoms with van der Waals surface area (Å²) in [5.41, 5.74) is 1.25. The van der Waals surface area contributed by atoms with Crippen LogP contribution >= 0.6 is 0 Å². The minimum Gasteiger partial charge on any atom is -0.361 e. The SMILES string of the molecule is CN1C=CN(c2ccn(C)c2)C1. The number of hydrogen-bond acceptors (Lipinski definition) is 2. The van der Waals surface area contributed by atoms with E-state index in [-0.39, 0.29) is 0 Å². The summed E-state index contributed by atoms with van der Waals surface area (Å²) in [6, 6.07) is 2.11. The molecule has 1 aromatic heterocycles. The van der Waals surface area contributed by atoms with Crippen molar-refractivity contribution in [3.8, 4) is 0 Å². The first-order valence-electron chi connectivity index (χ1n) is 4.03. The van der Waals surface area contributed by atoms with Gasteiger partial charge in [0.1, 0.15) is 0 Å². The molecule has 12 heavy (non-hydrogen) atoms. The lowest BCUT2D eigenvalue weighted by Gasteiger charge is -2.15. The maximum absolute atomic E-state index is 2.21. The normalized spacial score (nSPS) is 16.2. The van der Waals surface area contributed by atoms with Gasteiger partial charge < -0.3 is 14.4 Å². The monoisotopic (exact) mass is 163 g/mol. The number of hydrogen-bond donors (Lipinski definition) is 0. The topological polar surface area (TPSA) is 11.4 Å². The molecule has 0 spiro atoms. The molecular weight excluding hydrogens is 150 g/mol. The van der Waals surface area contributed by atoms with Crippen LogP contribution in [-0.4, -0.2) is 23.2 Å². The summed E-state index contributed by atoms with van der Waals surface area (Å²) in [4.78, 5) is 4.35. The highest BCUT2D eigenvalue weighted by Crippen LogP contribution is 2.17. The molecular formula is C9H13N3. The van der Waals surface area contributed by atoms with Gasteiger partial charge in [0.05, 0.1) is 12.4 Å². The summed E-state index contributed by atoms with van der Waals surface area (Å²) in [5.74, 6) is 0. The number of nitrogens with zero attached hydrogens (tertiary/aromatic N) is 3. The Balaban J connectivity index is 2.17. The quantitative estimate of drug-likeness (QED) is 0.616. The van der Waals surface area contributed by atoms with Crippen molar-refractivity contribution in [2.24, 2.45) is 7.05 Å². The molecule has 0 saturated heterocycles. The Hall–Kier alpha value is -1.38. The first-order chi connectivity index (χ1) is 5.75. The maximum Gasteiger partial charge on any atom is 0.0939 e. The van der Waals surface area contributed by atoms with Crippen molar-refractivity contribution in [1.82, 2.24) is 9.47 Å². The summed E-state index contributed by atoms with van der Waals surface area (Å²) in [7, 11) is 4.10. The van der Waals surface area contributed by atoms with Gasteiger partial charge in [0, 0.05) is 38.9 Å². The van der Waals surface area contributed by atoms with Crippen molar-refractivity contribution in [3.05, 3.63) is 30.9 Å². The Labute approximate surface area is 72.5 Å². The molecule has 0 N–H and O–H groups in total. The Bertz CT molecular complexity index is 300. The second kappa shape index (κ2) is 2.59. The van der Waals surface area contributed by atoms with E-state index in [1.54, 1.807) is 0 Å². The van der Waals surface area contributed by atoms with Gasteiger partial charge in [0.25, 0.3) is 0 Å². The van der Waals surface area contributed by atoms with Gasteiger partial charge in [-0.2, -0.15) is 0 Å². The Morgan fingerprint density at radius 2 is 2.08 bits per heavy atom. The lowest BCUT2D eigenvalue weighted by molar-refractivity contribution is 0.495. The van der Waals surface area contributed by atoms with Crippen LogP contribution in [0.4, 0.5) is 5.69 Å². The van der Waals surface area contributed by atoms with Crippen LogP contribution in [0.1, 0.15) is 0 Å². The summed E-state index contributed by atoms with van der Waals surface area (Å²) >= 11 is 0. The molecule has 0 unspecified atom stereocenters. The third-order valence-electron chi connectivity index (χ3n) is 2.02. The summed E-state index contributed by atoms with van der Waals surface area (Å²) < 4.78 is 2.06. The second-order valence-corrected chi connectivity index (χ2v) is 3.20. The number of aromatic nitrogens is 1. The molecule has 1 aliphatic heterocycles. The molecule has 2 rings (SSSR count). The number of aryl methyl sites for hydroxylation is 1. The minimum absolute atomic E-state index is 0.948. The molecule has 0 bridgehead atoms. The Morgan fingerprint density at radius 3 is 2.58 bits per heavy atom. The smallest absolute Gasteiger partial charge is 0.0939 e. The number of anilines is 1. The molecule has 0 aliphatic carbocycles. The van der Waals surface area contributed by atoms with Gasteiger partial charge in [0.15, 0.2) is 0 Å². The van der Waals surface area contributed by atoms with E-state index >= 15 is 0 Å². The third kappa shape index (κ3) is 1.18. The summed E-state index contributed by atoms with van der Waals surface area (Å²) in [6.45, 7) is 0.948. The fourth-order valence-corrected chi connectivity index (χ4v) is 1.36. The molecule has 0 saturated carbocycles. The highest BCUT2D eigenvalue weighted by molar-refractivity contribution is 5.48. The molecule has 0 atom stereocenters. The second-order valence-electron chi connectivity index (χ2n) is 3.20. The van der Waals surface area contributed by atoms with Crippen LogP contribution in [0.15, 0.2) is 30.9 Å². The molecule has 1 aromatic rings. The molecule has 3 nitrogen and oxygen atoms in total. The van der Waals surface area contributed by atoms with Crippen molar-refractivity contribution < 1.29 is 0 Å². The summed E-state index contributed by atoms with van der Waals surface area (Å²) in [5, 5.41) is 0. The predicted molar refractivity (Wildman–Crippen MR) is 49.7 cm³/mol. The van der Waals surface area contributed by atoms with Crippen LogP contribution in [0.2, 0.25) is 0 Å². The average Bonchev–Trinajstić information content (AvgIpc) is 2.58. The lowest BCUT2D eigenvalue weighted by Crippen LogP contribution is -2.21. The van der Waals surface area contributed by atoms with Gasteiger partial charge in [-0.15, -0.1) is 0 Å². The van der Waals surface area contributed by atoms with Crippen molar-refractivity contribution in [2.75, 3.05) is 18.6 Å². The van der Waals surface area contributed by atoms with Crippen molar-refractivity contribution in [3.63, 3.8) is 0 Å². The Kier molecular flexibility index (Phi) is 1.57. The fraction of sp³-hybridized carbons (Fsp3) is 0.333. The molecule has 3 heteroatoms. The van der Waals surface area contributed by atoms with Gasteiger partial charge in [-0.05, 0) is 6.07 Å². The van der Waals surface area contributed by atoms with Crippen LogP contribution in [0.5, 0.6) is 0 Å². The van der Waals surface area contributed by atoms with Crippen LogP contribution in [0.25, 0.3) is 0 Å². The zero-order valence-corrected chi connectivity index (χ0v) is 7.44. The first-order valence-corrected chi connectivity index (χ1v) is 4.03. The Morgan fingerprint density at radius 1 is 1.25 bits per heavy atom. The van der Waals surface area contributed by atoms with E-state index < -0.39 is 0 Å². The maximum atomic E-state index is 2.21. The molecule has 0 fully saturated rings. The van der Waals surface area contributed by atoms with Crippen molar-refractivity contribution in [1.29, 1.82) is 0 Å². The minimum atomic E-state index is 0.948. The van der Waals surface area contributed by atoms with Gasteiger partial charge in [0.2, 0.25) is 0 Å². The van der Waals surface area contributed by atoms with Crippen LogP contribution in [0, 0.1) is 0 Å². The van der Waals surface area contributed by atoms with Gasteiger partial charge in [-0.3, -0.25) is 0 Å². The van der Waals surface area contributed by atoms with Gasteiger partial charge in [-0.25, -0.2) is 0 Å². The standard InChI is InChI=1S/C9H13N3/c1-10-4-3-9(7-10)12-6-5-11(2)8-12/h3-7H,8H2,1-2H3. The molecule has 2 heterocycles. The van der Waals surface area contributed by atoms with E-state index in [4.69, 9.17) is 0 Å². The van der Waals surface area contributed by atoms with E-state index in [9.17, 15) is 0 Å². The van der Waals surface area contributed by atoms with Crippen LogP contribution in [0.3, 0.4) is 0 Å². The zero-order valence-electron chi connectivity index (χ0n) is 7.44. The fourth-order valence-electron chi connectivity index (χ4n) is 1.36. The zero-order chi connectivity index (χ0) is 8.55. The molecule has 1 aliphatic rings. The highest BCUT2D eigenvalue weighted by Gasteiger charge is 2.10. The van der Waals surface area contributed by atoms with E-state index in [1.165, 1.54) is 5.69 Å². The molecule has 0 radical (unpaired) electrons. The van der Waals surface area contributed by atoms with Gasteiger partial charge in [-0.1, -0.05) is 0 Å². The molecule has 0 aromatic carbocycles. The predicted octanol–water partition coefficient (Wildman–Crippen LogP) is 1.21. The van der Waals surface area contributed by atoms with E-state index in [0.717, 1.165) is 6.67 Å². The highest BCUT2D eigenvalue weighted by atomic mass is 15.3. The van der Waals surface area contributed by atoms with Gasteiger partial charge >= 0.3 is 0 Å². The van der Waals surface area contributed by atoms with Crippen molar-refractivity contribution in [2.45, 2.75) is 0 Å². The van der Waals surface area contributed by atoms with Crippen LogP contribution in [-0.2, 0) is 7.05 Å². The van der Waals surface area contributed by atoms with E-state index in [2.05, 4.69) is 52.3 Å². The van der Waals surface area contributed by atoms with E-state index in [0.29, 0.717) is 0 Å². The number of rotatable bonds is 1. The van der Waals surface area contributed by atoms with Crippen LogP contribution < -0.4 is 4.90 Å².